The molecule has 1 aliphatic rings. The highest BCUT2D eigenvalue weighted by atomic mass is 15.1. The number of aromatic nitrogens is 1. The lowest BCUT2D eigenvalue weighted by Gasteiger charge is -2.17. The lowest BCUT2D eigenvalue weighted by atomic mass is 10.1. The summed E-state index contributed by atoms with van der Waals surface area (Å²) < 4.78 is 2.16. The second kappa shape index (κ2) is 4.07. The van der Waals surface area contributed by atoms with E-state index in [1.165, 1.54) is 16.6 Å². The maximum absolute atomic E-state index is 6.14. The van der Waals surface area contributed by atoms with Crippen molar-refractivity contribution in [3.8, 4) is 0 Å². The molecule has 18 heavy (non-hydrogen) atoms. The van der Waals surface area contributed by atoms with Gasteiger partial charge in [0.25, 0.3) is 0 Å². The molecule has 4 heteroatoms. The molecule has 0 saturated carbocycles. The monoisotopic (exact) mass is 242 g/mol. The first-order valence-corrected chi connectivity index (χ1v) is 6.27. The summed E-state index contributed by atoms with van der Waals surface area (Å²) in [5.41, 5.74) is 16.6. The molecule has 0 aliphatic carbocycles. The molecule has 0 radical (unpaired) electrons. The summed E-state index contributed by atoms with van der Waals surface area (Å²) in [5, 5.41) is 4.62. The van der Waals surface area contributed by atoms with Crippen LogP contribution in [0.15, 0.2) is 24.3 Å². The second-order valence-corrected chi connectivity index (χ2v) is 4.68. The number of nitrogens with zero attached hydrogens (tertiary/aromatic N) is 1. The van der Waals surface area contributed by atoms with Crippen molar-refractivity contribution in [2.75, 3.05) is 12.3 Å². The summed E-state index contributed by atoms with van der Waals surface area (Å²) in [5.74, 6) is 0.785. The number of anilines is 1. The first kappa shape index (κ1) is 11.2. The van der Waals surface area contributed by atoms with E-state index < -0.39 is 0 Å². The van der Waals surface area contributed by atoms with Crippen LogP contribution in [0.2, 0.25) is 0 Å². The Morgan fingerprint density at radius 1 is 1.44 bits per heavy atom. The number of nitrogens with one attached hydrogen (secondary N) is 1. The summed E-state index contributed by atoms with van der Waals surface area (Å²) in [6, 6.07) is 6.03. The van der Waals surface area contributed by atoms with Crippen LogP contribution in [0.25, 0.3) is 16.7 Å². The maximum Gasteiger partial charge on any atom is 0.103 e. The third-order valence-corrected chi connectivity index (χ3v) is 3.60. The third kappa shape index (κ3) is 1.49. The van der Waals surface area contributed by atoms with Crippen LogP contribution in [-0.4, -0.2) is 11.1 Å². The van der Waals surface area contributed by atoms with Crippen LogP contribution in [0, 0.1) is 0 Å². The van der Waals surface area contributed by atoms with E-state index in [1.54, 1.807) is 0 Å². The molecule has 2 aromatic rings. The lowest BCUT2D eigenvalue weighted by Crippen LogP contribution is -2.25. The Balaban J connectivity index is 2.40. The van der Waals surface area contributed by atoms with Gasteiger partial charge in [0.2, 0.25) is 0 Å². The van der Waals surface area contributed by atoms with Crippen molar-refractivity contribution in [1.29, 1.82) is 0 Å². The molecule has 4 nitrogen and oxygen atoms in total. The topological polar surface area (TPSA) is 69.0 Å². The zero-order valence-electron chi connectivity index (χ0n) is 10.5. The standard InChI is InChI=1S/C14H18N4/c1-2-14(16)18-12-4-3-9(15)7-10(12)11-8-17-6-5-13(11)18/h2-4,7,17H,5-6,8,15-16H2,1H3. The fourth-order valence-corrected chi connectivity index (χ4v) is 2.73. The molecule has 1 aliphatic heterocycles. The zero-order valence-corrected chi connectivity index (χ0v) is 10.5. The predicted molar refractivity (Wildman–Crippen MR) is 75.9 cm³/mol. The van der Waals surface area contributed by atoms with E-state index in [2.05, 4.69) is 16.0 Å². The first-order valence-electron chi connectivity index (χ1n) is 6.27. The molecule has 94 valence electrons. The molecule has 1 aromatic carbocycles. The number of fused-ring (bicyclic) bond motifs is 3. The largest absolute Gasteiger partial charge is 0.399 e. The van der Waals surface area contributed by atoms with Gasteiger partial charge in [0, 0.05) is 36.3 Å². The van der Waals surface area contributed by atoms with E-state index in [0.717, 1.165) is 36.5 Å². The fourth-order valence-electron chi connectivity index (χ4n) is 2.73. The number of allylic oxidation sites excluding steroid dienone is 1. The Morgan fingerprint density at radius 2 is 2.28 bits per heavy atom. The summed E-state index contributed by atoms with van der Waals surface area (Å²) in [6.07, 6.45) is 2.94. The van der Waals surface area contributed by atoms with Crippen molar-refractivity contribution in [3.63, 3.8) is 0 Å². The summed E-state index contributed by atoms with van der Waals surface area (Å²) >= 11 is 0. The molecule has 0 amide bonds. The quantitative estimate of drug-likeness (QED) is 0.666. The molecule has 0 fully saturated rings. The zero-order chi connectivity index (χ0) is 12.7. The number of benzene rings is 1. The average Bonchev–Trinajstić information content (AvgIpc) is 2.72. The van der Waals surface area contributed by atoms with Crippen molar-refractivity contribution in [2.24, 2.45) is 5.73 Å². The van der Waals surface area contributed by atoms with Gasteiger partial charge in [0.15, 0.2) is 0 Å². The first-order chi connectivity index (χ1) is 8.72. The van der Waals surface area contributed by atoms with E-state index in [9.17, 15) is 0 Å². The number of nitrogens with two attached hydrogens (primary N) is 2. The van der Waals surface area contributed by atoms with Crippen molar-refractivity contribution in [1.82, 2.24) is 9.88 Å². The van der Waals surface area contributed by atoms with Crippen LogP contribution in [0.3, 0.4) is 0 Å². The van der Waals surface area contributed by atoms with Gasteiger partial charge in [-0.2, -0.15) is 0 Å². The molecule has 0 unspecified atom stereocenters. The van der Waals surface area contributed by atoms with Crippen LogP contribution in [0.4, 0.5) is 5.69 Å². The molecule has 0 atom stereocenters. The minimum Gasteiger partial charge on any atom is -0.399 e. The van der Waals surface area contributed by atoms with Gasteiger partial charge in [-0.05, 0) is 36.8 Å². The molecule has 1 aromatic heterocycles. The molecule has 3 rings (SSSR count). The van der Waals surface area contributed by atoms with Gasteiger partial charge in [0.1, 0.15) is 5.82 Å². The Labute approximate surface area is 106 Å². The summed E-state index contributed by atoms with van der Waals surface area (Å²) in [4.78, 5) is 0. The minimum absolute atomic E-state index is 0.785. The molecular weight excluding hydrogens is 224 g/mol. The minimum atomic E-state index is 0.785. The van der Waals surface area contributed by atoms with E-state index in [1.807, 2.05) is 25.1 Å². The van der Waals surface area contributed by atoms with Crippen molar-refractivity contribution in [3.05, 3.63) is 35.5 Å². The smallest absolute Gasteiger partial charge is 0.103 e. The maximum atomic E-state index is 6.14. The number of rotatable bonds is 1. The van der Waals surface area contributed by atoms with Gasteiger partial charge in [-0.3, -0.25) is 0 Å². The normalized spacial score (nSPS) is 15.9. The van der Waals surface area contributed by atoms with E-state index in [4.69, 9.17) is 11.5 Å². The lowest BCUT2D eigenvalue weighted by molar-refractivity contribution is 0.632. The van der Waals surface area contributed by atoms with Gasteiger partial charge < -0.3 is 21.4 Å². The highest BCUT2D eigenvalue weighted by molar-refractivity contribution is 5.91. The SMILES string of the molecule is CC=C(N)n1c2c(c3cc(N)ccc31)CNCC2. The second-order valence-electron chi connectivity index (χ2n) is 4.68. The van der Waals surface area contributed by atoms with Crippen molar-refractivity contribution < 1.29 is 0 Å². The molecule has 5 N–H and O–H groups in total. The summed E-state index contributed by atoms with van der Waals surface area (Å²) in [7, 11) is 0. The van der Waals surface area contributed by atoms with Crippen LogP contribution >= 0.6 is 0 Å². The van der Waals surface area contributed by atoms with Gasteiger partial charge in [-0.1, -0.05) is 0 Å². The fraction of sp³-hybridized carbons (Fsp3) is 0.286. The van der Waals surface area contributed by atoms with Gasteiger partial charge in [-0.15, -0.1) is 0 Å². The predicted octanol–water partition coefficient (Wildman–Crippen LogP) is 1.65. The van der Waals surface area contributed by atoms with Gasteiger partial charge >= 0.3 is 0 Å². The Bertz CT molecular complexity index is 637. The van der Waals surface area contributed by atoms with Crippen LogP contribution in [0.1, 0.15) is 18.2 Å². The molecule has 2 heterocycles. The van der Waals surface area contributed by atoms with E-state index >= 15 is 0 Å². The van der Waals surface area contributed by atoms with Crippen LogP contribution in [0.5, 0.6) is 0 Å². The van der Waals surface area contributed by atoms with Gasteiger partial charge in [0.05, 0.1) is 5.52 Å². The Kier molecular flexibility index (Phi) is 2.52. The number of hydrogen-bond acceptors (Lipinski definition) is 3. The van der Waals surface area contributed by atoms with Gasteiger partial charge in [-0.25, -0.2) is 0 Å². The molecule has 0 saturated heterocycles. The van der Waals surface area contributed by atoms with Crippen LogP contribution < -0.4 is 16.8 Å². The third-order valence-electron chi connectivity index (χ3n) is 3.60. The van der Waals surface area contributed by atoms with Crippen LogP contribution in [-0.2, 0) is 13.0 Å². The van der Waals surface area contributed by atoms with Crippen molar-refractivity contribution >= 4 is 22.4 Å². The molecular formula is C14H18N4. The molecule has 0 bridgehead atoms. The summed E-state index contributed by atoms with van der Waals surface area (Å²) in [6.45, 7) is 3.85. The van der Waals surface area contributed by atoms with E-state index in [0.29, 0.717) is 0 Å². The number of nitrogen functional groups attached to an aromatic ring is 1. The number of hydrogen-bond donors (Lipinski definition) is 3. The average molecular weight is 242 g/mol. The van der Waals surface area contributed by atoms with Crippen molar-refractivity contribution in [2.45, 2.75) is 19.9 Å². The highest BCUT2D eigenvalue weighted by Gasteiger charge is 2.20. The Morgan fingerprint density at radius 3 is 3.06 bits per heavy atom. The Hall–Kier alpha value is -1.94. The van der Waals surface area contributed by atoms with E-state index in [-0.39, 0.29) is 0 Å². The highest BCUT2D eigenvalue weighted by Crippen LogP contribution is 2.31. The molecule has 0 spiro atoms.